The van der Waals surface area contributed by atoms with Gasteiger partial charge in [0.25, 0.3) is 5.91 Å². The van der Waals surface area contributed by atoms with E-state index in [4.69, 9.17) is 5.73 Å². The number of benzene rings is 1. The number of aromatic nitrogens is 1. The smallest absolute Gasteiger partial charge is 0.270 e. The molecular formula is C16H15N3OS. The van der Waals surface area contributed by atoms with Crippen LogP contribution in [-0.2, 0) is 13.0 Å². The van der Waals surface area contributed by atoms with E-state index in [9.17, 15) is 4.79 Å². The number of hydrogen-bond acceptors (Lipinski definition) is 3. The second-order valence-corrected chi connectivity index (χ2v) is 6.38. The fourth-order valence-electron chi connectivity index (χ4n) is 2.86. The maximum atomic E-state index is 12.7. The number of amides is 1. The number of nitrogens with one attached hydrogen (secondary N) is 1. The molecule has 1 amide bonds. The van der Waals surface area contributed by atoms with Gasteiger partial charge in [0.05, 0.1) is 0 Å². The molecule has 1 aromatic carbocycles. The summed E-state index contributed by atoms with van der Waals surface area (Å²) in [4.78, 5) is 19.2. The highest BCUT2D eigenvalue weighted by atomic mass is 32.1. The van der Waals surface area contributed by atoms with E-state index in [0.29, 0.717) is 17.9 Å². The Morgan fingerprint density at radius 1 is 1.29 bits per heavy atom. The molecule has 5 heteroatoms. The normalized spacial score (nSPS) is 14.4. The fraction of sp³-hybridized carbons (Fsp3) is 0.188. The zero-order valence-corrected chi connectivity index (χ0v) is 12.2. The van der Waals surface area contributed by atoms with Gasteiger partial charge in [0.1, 0.15) is 5.69 Å². The van der Waals surface area contributed by atoms with Crippen LogP contribution in [0.1, 0.15) is 20.9 Å². The Balaban J connectivity index is 1.64. The van der Waals surface area contributed by atoms with Crippen LogP contribution in [0.3, 0.4) is 0 Å². The second kappa shape index (κ2) is 4.63. The van der Waals surface area contributed by atoms with E-state index in [1.165, 1.54) is 10.4 Å². The first-order valence-corrected chi connectivity index (χ1v) is 7.81. The Labute approximate surface area is 126 Å². The molecule has 4 nitrogen and oxygen atoms in total. The van der Waals surface area contributed by atoms with Crippen molar-refractivity contribution in [2.75, 3.05) is 12.3 Å². The molecule has 0 spiro atoms. The van der Waals surface area contributed by atoms with Crippen molar-refractivity contribution in [2.45, 2.75) is 13.0 Å². The molecule has 3 heterocycles. The number of rotatable bonds is 1. The maximum Gasteiger partial charge on any atom is 0.270 e. The topological polar surface area (TPSA) is 62.1 Å². The van der Waals surface area contributed by atoms with Gasteiger partial charge in [-0.25, -0.2) is 0 Å². The van der Waals surface area contributed by atoms with Crippen LogP contribution < -0.4 is 5.73 Å². The van der Waals surface area contributed by atoms with Crippen LogP contribution >= 0.6 is 11.3 Å². The van der Waals surface area contributed by atoms with Crippen LogP contribution in [0.25, 0.3) is 10.9 Å². The number of nitrogens with two attached hydrogens (primary N) is 1. The van der Waals surface area contributed by atoms with E-state index in [-0.39, 0.29) is 5.91 Å². The largest absolute Gasteiger partial charge is 0.399 e. The molecule has 3 N–H and O–H groups in total. The third kappa shape index (κ3) is 2.10. The first kappa shape index (κ1) is 12.5. The van der Waals surface area contributed by atoms with Crippen LogP contribution in [-0.4, -0.2) is 22.3 Å². The SMILES string of the molecule is Nc1ccc2[nH]c(C(=O)N3CCc4sccc4C3)cc2c1. The molecule has 0 saturated heterocycles. The summed E-state index contributed by atoms with van der Waals surface area (Å²) in [7, 11) is 0. The third-order valence-electron chi connectivity index (χ3n) is 3.97. The van der Waals surface area contributed by atoms with Crippen molar-refractivity contribution in [3.05, 3.63) is 51.8 Å². The van der Waals surface area contributed by atoms with Crippen LogP contribution in [0.2, 0.25) is 0 Å². The summed E-state index contributed by atoms with van der Waals surface area (Å²) < 4.78 is 0. The quantitative estimate of drug-likeness (QED) is 0.678. The average molecular weight is 297 g/mol. The van der Waals surface area contributed by atoms with Gasteiger partial charge in [-0.2, -0.15) is 0 Å². The highest BCUT2D eigenvalue weighted by molar-refractivity contribution is 7.10. The summed E-state index contributed by atoms with van der Waals surface area (Å²) in [6.45, 7) is 1.49. The van der Waals surface area contributed by atoms with Gasteiger partial charge in [0.15, 0.2) is 0 Å². The monoisotopic (exact) mass is 297 g/mol. The van der Waals surface area contributed by atoms with E-state index in [2.05, 4.69) is 16.4 Å². The predicted molar refractivity (Wildman–Crippen MR) is 85.5 cm³/mol. The molecule has 21 heavy (non-hydrogen) atoms. The zero-order chi connectivity index (χ0) is 14.4. The Morgan fingerprint density at radius 3 is 3.10 bits per heavy atom. The number of hydrogen-bond donors (Lipinski definition) is 2. The first-order valence-electron chi connectivity index (χ1n) is 6.93. The highest BCUT2D eigenvalue weighted by Crippen LogP contribution is 2.26. The summed E-state index contributed by atoms with van der Waals surface area (Å²) in [5.74, 6) is 0.0571. The summed E-state index contributed by atoms with van der Waals surface area (Å²) in [5.41, 5.74) is 9.35. The lowest BCUT2D eigenvalue weighted by Gasteiger charge is -2.26. The number of carbonyl (C=O) groups is 1. The number of carbonyl (C=O) groups excluding carboxylic acids is 1. The molecule has 0 aliphatic carbocycles. The molecule has 1 aliphatic rings. The van der Waals surface area contributed by atoms with Crippen LogP contribution in [0.5, 0.6) is 0 Å². The molecule has 3 aromatic rings. The first-order chi connectivity index (χ1) is 10.2. The minimum Gasteiger partial charge on any atom is -0.399 e. The Hall–Kier alpha value is -2.27. The summed E-state index contributed by atoms with van der Waals surface area (Å²) >= 11 is 1.78. The second-order valence-electron chi connectivity index (χ2n) is 5.38. The molecule has 0 fully saturated rings. The number of thiophene rings is 1. The molecule has 0 unspecified atom stereocenters. The Bertz CT molecular complexity index is 833. The third-order valence-corrected chi connectivity index (χ3v) is 4.99. The summed E-state index contributed by atoms with van der Waals surface area (Å²) in [5, 5.41) is 3.08. The lowest BCUT2D eigenvalue weighted by atomic mass is 10.1. The van der Waals surface area contributed by atoms with E-state index in [1.807, 2.05) is 29.2 Å². The number of nitrogen functional groups attached to an aromatic ring is 1. The number of H-pyrrole nitrogens is 1. The minimum atomic E-state index is 0.0571. The number of nitrogens with zero attached hydrogens (tertiary/aromatic N) is 1. The van der Waals surface area contributed by atoms with Gasteiger partial charge < -0.3 is 15.6 Å². The zero-order valence-electron chi connectivity index (χ0n) is 11.4. The van der Waals surface area contributed by atoms with Crippen molar-refractivity contribution in [3.63, 3.8) is 0 Å². The van der Waals surface area contributed by atoms with Crippen molar-refractivity contribution in [2.24, 2.45) is 0 Å². The molecule has 0 saturated carbocycles. The van der Waals surface area contributed by atoms with Gasteiger partial charge in [0.2, 0.25) is 0 Å². The maximum absolute atomic E-state index is 12.7. The standard InChI is InChI=1S/C16H15N3OS/c17-12-1-2-13-11(7-12)8-14(18-13)16(20)19-5-3-15-10(9-19)4-6-21-15/h1-2,4,6-8,18H,3,5,9,17H2. The molecule has 0 radical (unpaired) electrons. The van der Waals surface area contributed by atoms with Crippen molar-refractivity contribution in [1.82, 2.24) is 9.88 Å². The van der Waals surface area contributed by atoms with Crippen molar-refractivity contribution < 1.29 is 4.79 Å². The van der Waals surface area contributed by atoms with Gasteiger partial charge >= 0.3 is 0 Å². The van der Waals surface area contributed by atoms with Gasteiger partial charge in [0, 0.05) is 34.6 Å². The Kier molecular flexibility index (Phi) is 2.75. The van der Waals surface area contributed by atoms with Gasteiger partial charge in [-0.05, 0) is 47.7 Å². The van der Waals surface area contributed by atoms with Crippen molar-refractivity contribution >= 4 is 33.8 Å². The van der Waals surface area contributed by atoms with Gasteiger partial charge in [-0.15, -0.1) is 11.3 Å². The van der Waals surface area contributed by atoms with Gasteiger partial charge in [-0.3, -0.25) is 4.79 Å². The summed E-state index contributed by atoms with van der Waals surface area (Å²) in [6, 6.07) is 9.64. The number of aromatic amines is 1. The lowest BCUT2D eigenvalue weighted by molar-refractivity contribution is 0.0731. The number of fused-ring (bicyclic) bond motifs is 2. The van der Waals surface area contributed by atoms with Crippen molar-refractivity contribution in [1.29, 1.82) is 0 Å². The Morgan fingerprint density at radius 2 is 2.19 bits per heavy atom. The molecule has 1 aliphatic heterocycles. The van der Waals surface area contributed by atoms with Gasteiger partial charge in [-0.1, -0.05) is 0 Å². The van der Waals surface area contributed by atoms with Crippen LogP contribution in [0.15, 0.2) is 35.7 Å². The molecule has 4 rings (SSSR count). The molecule has 0 atom stereocenters. The average Bonchev–Trinajstić information content (AvgIpc) is 3.11. The van der Waals surface area contributed by atoms with Crippen molar-refractivity contribution in [3.8, 4) is 0 Å². The fourth-order valence-corrected chi connectivity index (χ4v) is 3.75. The molecule has 0 bridgehead atoms. The van der Waals surface area contributed by atoms with E-state index in [0.717, 1.165) is 23.9 Å². The van der Waals surface area contributed by atoms with E-state index >= 15 is 0 Å². The number of anilines is 1. The van der Waals surface area contributed by atoms with Crippen LogP contribution in [0.4, 0.5) is 5.69 Å². The lowest BCUT2D eigenvalue weighted by Crippen LogP contribution is -2.35. The predicted octanol–water partition coefficient (Wildman–Crippen LogP) is 3.01. The highest BCUT2D eigenvalue weighted by Gasteiger charge is 2.23. The molecule has 106 valence electrons. The minimum absolute atomic E-state index is 0.0571. The molecule has 2 aromatic heterocycles. The summed E-state index contributed by atoms with van der Waals surface area (Å²) in [6.07, 6.45) is 0.950. The molecular weight excluding hydrogens is 282 g/mol. The van der Waals surface area contributed by atoms with E-state index in [1.54, 1.807) is 11.3 Å². The van der Waals surface area contributed by atoms with E-state index < -0.39 is 0 Å². The van der Waals surface area contributed by atoms with Crippen LogP contribution in [0, 0.1) is 0 Å².